The number of furan rings is 3. The van der Waals surface area contributed by atoms with Crippen molar-refractivity contribution in [3.05, 3.63) is 115 Å². The molecule has 2 aliphatic rings. The Kier molecular flexibility index (Phi) is 13.1. The number of thioether (sulfide) groups is 1. The van der Waals surface area contributed by atoms with Crippen molar-refractivity contribution in [1.82, 2.24) is 0 Å². The summed E-state index contributed by atoms with van der Waals surface area (Å²) in [4.78, 5) is 0. The van der Waals surface area contributed by atoms with E-state index in [4.69, 9.17) is 33.2 Å². The number of hydrogen-bond acceptors (Lipinski definition) is 10. The average Bonchev–Trinajstić information content (AvgIpc) is 3.91. The van der Waals surface area contributed by atoms with Gasteiger partial charge in [0.25, 0.3) is 0 Å². The van der Waals surface area contributed by atoms with Gasteiger partial charge in [-0.15, -0.1) is 0 Å². The minimum absolute atomic E-state index is 0.280. The van der Waals surface area contributed by atoms with Gasteiger partial charge in [0.1, 0.15) is 50.7 Å². The smallest absolute Gasteiger partial charge is 0.142 e. The zero-order valence-electron chi connectivity index (χ0n) is 37.5. The van der Waals surface area contributed by atoms with Crippen LogP contribution in [0.15, 0.2) is 122 Å². The van der Waals surface area contributed by atoms with Gasteiger partial charge in [-0.2, -0.15) is 11.8 Å². The molecule has 0 amide bonds. The molecular formula is C54H59N3O6S. The van der Waals surface area contributed by atoms with E-state index in [1.54, 1.807) is 21.3 Å². The Balaban J connectivity index is 0.000000122. The molecule has 11 rings (SSSR count). The number of para-hydroxylation sites is 3. The Labute approximate surface area is 378 Å². The molecule has 6 aromatic carbocycles. The number of methoxy groups -OCH3 is 3. The van der Waals surface area contributed by atoms with Gasteiger partial charge in [-0.1, -0.05) is 80.3 Å². The van der Waals surface area contributed by atoms with Crippen LogP contribution >= 0.6 is 11.8 Å². The van der Waals surface area contributed by atoms with Crippen LogP contribution in [0.1, 0.15) is 76.0 Å². The SMILES string of the molecule is COc1cc2c(cc1C1CC(N)CCS1)oc1ccccc12.COc1cc2c(cc1NC(C)C)oc1ccccc12.COc1cc2c(cc1NC1CCCCCC1)oc1ccccc12. The van der Waals surface area contributed by atoms with E-state index >= 15 is 0 Å². The van der Waals surface area contributed by atoms with Crippen LogP contribution in [0.4, 0.5) is 11.4 Å². The van der Waals surface area contributed by atoms with Crippen LogP contribution < -0.4 is 30.6 Å². The fraction of sp³-hybridized carbons (Fsp3) is 0.333. The summed E-state index contributed by atoms with van der Waals surface area (Å²) in [6.07, 6.45) is 9.90. The summed E-state index contributed by atoms with van der Waals surface area (Å²) < 4.78 is 34.7. The van der Waals surface area contributed by atoms with Crippen molar-refractivity contribution in [2.45, 2.75) is 88.6 Å². The maximum Gasteiger partial charge on any atom is 0.142 e. The Hall–Kier alpha value is -5.97. The normalized spacial score (nSPS) is 17.0. The van der Waals surface area contributed by atoms with Crippen molar-refractivity contribution in [2.75, 3.05) is 37.7 Å². The number of fused-ring (bicyclic) bond motifs is 9. The number of nitrogens with one attached hydrogen (secondary N) is 2. The number of nitrogens with two attached hydrogens (primary N) is 1. The highest BCUT2D eigenvalue weighted by molar-refractivity contribution is 7.99. The van der Waals surface area contributed by atoms with E-state index in [2.05, 4.69) is 66.9 Å². The maximum absolute atomic E-state index is 6.15. The molecule has 0 radical (unpaired) electrons. The van der Waals surface area contributed by atoms with Gasteiger partial charge in [-0.3, -0.25) is 0 Å². The lowest BCUT2D eigenvalue weighted by Gasteiger charge is -2.27. The molecule has 4 N–H and O–H groups in total. The molecule has 64 heavy (non-hydrogen) atoms. The maximum atomic E-state index is 6.15. The molecule has 10 heteroatoms. The topological polar surface area (TPSA) is 117 Å². The van der Waals surface area contributed by atoms with E-state index in [-0.39, 0.29) is 6.04 Å². The Morgan fingerprint density at radius 3 is 1.52 bits per heavy atom. The van der Waals surface area contributed by atoms with Gasteiger partial charge in [-0.05, 0) is 87.7 Å². The molecule has 1 saturated heterocycles. The predicted octanol–water partition coefficient (Wildman–Crippen LogP) is 14.6. The van der Waals surface area contributed by atoms with Gasteiger partial charge in [0.05, 0.1) is 32.7 Å². The fourth-order valence-electron chi connectivity index (χ4n) is 9.26. The summed E-state index contributed by atoms with van der Waals surface area (Å²) >= 11 is 1.96. The Morgan fingerprint density at radius 1 is 0.547 bits per heavy atom. The molecule has 1 aliphatic carbocycles. The molecule has 2 atom stereocenters. The zero-order chi connectivity index (χ0) is 44.2. The van der Waals surface area contributed by atoms with Crippen molar-refractivity contribution in [2.24, 2.45) is 5.73 Å². The first-order valence-corrected chi connectivity index (χ1v) is 23.7. The molecule has 2 unspecified atom stereocenters. The van der Waals surface area contributed by atoms with Gasteiger partial charge in [0.2, 0.25) is 0 Å². The first kappa shape index (κ1) is 43.3. The van der Waals surface area contributed by atoms with Crippen LogP contribution in [0.25, 0.3) is 65.8 Å². The highest BCUT2D eigenvalue weighted by Gasteiger charge is 2.26. The standard InChI is InChI=1S/C20H23NO2.C18H19NO2S.C16H17NO2/c1-22-20-12-16-15-10-6-7-11-18(15)23-19(16)13-17(20)21-14-8-4-2-3-5-9-14;1-20-16-9-13-12-4-2-3-5-15(12)21-17(13)10-14(16)18-8-11(19)6-7-22-18;1-10(2)17-13-9-15-12(8-16(13)18-3)11-6-4-5-7-14(11)19-15/h6-7,10-14,21H,2-5,8-9H2,1H3;2-5,9-11,18H,6-8,19H2,1H3;4-10,17H,1-3H3. The van der Waals surface area contributed by atoms with E-state index in [9.17, 15) is 0 Å². The van der Waals surface area contributed by atoms with E-state index in [0.29, 0.717) is 17.3 Å². The molecule has 332 valence electrons. The van der Waals surface area contributed by atoms with Gasteiger partial charge >= 0.3 is 0 Å². The summed E-state index contributed by atoms with van der Waals surface area (Å²) in [6.45, 7) is 4.20. The van der Waals surface area contributed by atoms with Gasteiger partial charge in [-0.25, -0.2) is 0 Å². The first-order valence-electron chi connectivity index (χ1n) is 22.7. The lowest BCUT2D eigenvalue weighted by atomic mass is 10.0. The van der Waals surface area contributed by atoms with Crippen LogP contribution in [0.2, 0.25) is 0 Å². The molecule has 2 fully saturated rings. The summed E-state index contributed by atoms with van der Waals surface area (Å²) in [6, 6.07) is 38.0. The highest BCUT2D eigenvalue weighted by atomic mass is 32.2. The monoisotopic (exact) mass is 877 g/mol. The Bertz CT molecular complexity index is 3010. The van der Waals surface area contributed by atoms with Crippen molar-refractivity contribution < 1.29 is 27.5 Å². The van der Waals surface area contributed by atoms with Crippen molar-refractivity contribution >= 4 is 89.0 Å². The minimum atomic E-state index is 0.280. The van der Waals surface area contributed by atoms with Crippen LogP contribution in [0, 0.1) is 0 Å². The lowest BCUT2D eigenvalue weighted by Crippen LogP contribution is -2.26. The second kappa shape index (κ2) is 19.4. The highest BCUT2D eigenvalue weighted by Crippen LogP contribution is 2.45. The van der Waals surface area contributed by atoms with Crippen LogP contribution in [0.3, 0.4) is 0 Å². The van der Waals surface area contributed by atoms with Gasteiger partial charge < -0.3 is 43.8 Å². The third-order valence-electron chi connectivity index (χ3n) is 12.5. The van der Waals surface area contributed by atoms with E-state index in [0.717, 1.165) is 113 Å². The number of anilines is 2. The predicted molar refractivity (Wildman–Crippen MR) is 267 cm³/mol. The largest absolute Gasteiger partial charge is 0.496 e. The first-order chi connectivity index (χ1) is 31.3. The number of rotatable bonds is 8. The zero-order valence-corrected chi connectivity index (χ0v) is 38.3. The third kappa shape index (κ3) is 9.17. The molecule has 9 aromatic rings. The van der Waals surface area contributed by atoms with Crippen molar-refractivity contribution in [1.29, 1.82) is 0 Å². The molecular weight excluding hydrogens is 819 g/mol. The number of ether oxygens (including phenoxy) is 3. The molecule has 1 aliphatic heterocycles. The summed E-state index contributed by atoms with van der Waals surface area (Å²) in [7, 11) is 5.16. The molecule has 0 spiro atoms. The molecule has 1 saturated carbocycles. The van der Waals surface area contributed by atoms with Gasteiger partial charge in [0.15, 0.2) is 0 Å². The van der Waals surface area contributed by atoms with Crippen LogP contribution in [0.5, 0.6) is 17.2 Å². The third-order valence-corrected chi connectivity index (χ3v) is 13.8. The second-order valence-corrected chi connectivity index (χ2v) is 18.6. The minimum Gasteiger partial charge on any atom is -0.496 e. The molecule has 0 bridgehead atoms. The summed E-state index contributed by atoms with van der Waals surface area (Å²) in [5.74, 6) is 3.78. The summed E-state index contributed by atoms with van der Waals surface area (Å²) in [5.41, 5.74) is 14.8. The molecule has 3 aromatic heterocycles. The summed E-state index contributed by atoms with van der Waals surface area (Å²) in [5, 5.41) is 14.2. The average molecular weight is 878 g/mol. The quantitative estimate of drug-likeness (QED) is 0.127. The second-order valence-electron chi connectivity index (χ2n) is 17.3. The number of hydrogen-bond donors (Lipinski definition) is 3. The van der Waals surface area contributed by atoms with E-state index in [1.807, 2.05) is 78.5 Å². The Morgan fingerprint density at radius 2 is 1.02 bits per heavy atom. The van der Waals surface area contributed by atoms with E-state index < -0.39 is 0 Å². The van der Waals surface area contributed by atoms with Crippen molar-refractivity contribution in [3.63, 3.8) is 0 Å². The molecule has 4 heterocycles. The van der Waals surface area contributed by atoms with Gasteiger partial charge in [0, 0.05) is 73.4 Å². The number of benzene rings is 6. The lowest BCUT2D eigenvalue weighted by molar-refractivity contribution is 0.407. The van der Waals surface area contributed by atoms with Crippen molar-refractivity contribution in [3.8, 4) is 17.2 Å². The van der Waals surface area contributed by atoms with Crippen LogP contribution in [-0.2, 0) is 0 Å². The van der Waals surface area contributed by atoms with Crippen LogP contribution in [-0.4, -0.2) is 45.2 Å². The molecule has 9 nitrogen and oxygen atoms in total. The fourth-order valence-corrected chi connectivity index (χ4v) is 10.7. The van der Waals surface area contributed by atoms with E-state index in [1.165, 1.54) is 44.1 Å².